The summed E-state index contributed by atoms with van der Waals surface area (Å²) in [4.78, 5) is 0. The minimum Gasteiger partial charge on any atom is -0.0996 e. The maximum Gasteiger partial charge on any atom is -0.0180 e. The Balaban J connectivity index is 2.35. The highest BCUT2D eigenvalue weighted by molar-refractivity contribution is 5.05. The van der Waals surface area contributed by atoms with Crippen molar-refractivity contribution >= 4 is 0 Å². The first-order valence-electron chi connectivity index (χ1n) is 3.93. The first-order chi connectivity index (χ1) is 4.25. The molecule has 2 unspecified atom stereocenters. The zero-order chi connectivity index (χ0) is 6.85. The van der Waals surface area contributed by atoms with Crippen LogP contribution in [0.5, 0.6) is 0 Å². The lowest BCUT2D eigenvalue weighted by Crippen LogP contribution is -2.24. The van der Waals surface area contributed by atoms with Gasteiger partial charge in [0, 0.05) is 0 Å². The summed E-state index contributed by atoms with van der Waals surface area (Å²) in [7, 11) is 0. The summed E-state index contributed by atoms with van der Waals surface area (Å²) in [5.41, 5.74) is 1.47. The molecule has 1 fully saturated rings. The molecule has 0 bridgehead atoms. The summed E-state index contributed by atoms with van der Waals surface area (Å²) >= 11 is 0. The lowest BCUT2D eigenvalue weighted by molar-refractivity contribution is 0.233. The molecule has 0 radical (unpaired) electrons. The summed E-state index contributed by atoms with van der Waals surface area (Å²) in [5.74, 6) is 1.80. The van der Waals surface area contributed by atoms with Gasteiger partial charge in [-0.3, -0.25) is 0 Å². The van der Waals surface area contributed by atoms with Crippen molar-refractivity contribution in [1.82, 2.24) is 0 Å². The van der Waals surface area contributed by atoms with Gasteiger partial charge in [0.15, 0.2) is 0 Å². The smallest absolute Gasteiger partial charge is 0.0180 e. The molecule has 52 valence electrons. The molecule has 0 heterocycles. The van der Waals surface area contributed by atoms with Crippen LogP contribution in [0.2, 0.25) is 0 Å². The predicted octanol–water partition coefficient (Wildman–Crippen LogP) is 3.00. The summed E-state index contributed by atoms with van der Waals surface area (Å²) in [6, 6.07) is 0. The summed E-state index contributed by atoms with van der Waals surface area (Å²) in [5, 5.41) is 0. The SMILES string of the molecule is C=C(CC)C1CCC1C. The summed E-state index contributed by atoms with van der Waals surface area (Å²) in [6.45, 7) is 8.58. The summed E-state index contributed by atoms with van der Waals surface area (Å²) in [6.07, 6.45) is 3.99. The quantitative estimate of drug-likeness (QED) is 0.496. The largest absolute Gasteiger partial charge is 0.0996 e. The monoisotopic (exact) mass is 124 g/mol. The number of rotatable bonds is 2. The molecule has 0 amide bonds. The highest BCUT2D eigenvalue weighted by atomic mass is 14.3. The molecule has 1 aliphatic rings. The lowest BCUT2D eigenvalue weighted by Gasteiger charge is -2.35. The van der Waals surface area contributed by atoms with Gasteiger partial charge in [0.25, 0.3) is 0 Å². The molecular weight excluding hydrogens is 108 g/mol. The zero-order valence-corrected chi connectivity index (χ0v) is 6.48. The Morgan fingerprint density at radius 2 is 2.22 bits per heavy atom. The molecule has 0 aromatic carbocycles. The lowest BCUT2D eigenvalue weighted by atomic mass is 9.71. The third-order valence-electron chi connectivity index (χ3n) is 2.60. The van der Waals surface area contributed by atoms with E-state index in [4.69, 9.17) is 0 Å². The van der Waals surface area contributed by atoms with Gasteiger partial charge in [0.1, 0.15) is 0 Å². The van der Waals surface area contributed by atoms with Crippen LogP contribution in [-0.4, -0.2) is 0 Å². The van der Waals surface area contributed by atoms with Crippen LogP contribution in [0.3, 0.4) is 0 Å². The second kappa shape index (κ2) is 2.55. The van der Waals surface area contributed by atoms with E-state index >= 15 is 0 Å². The normalized spacial score (nSPS) is 33.6. The van der Waals surface area contributed by atoms with Crippen molar-refractivity contribution < 1.29 is 0 Å². The Kier molecular flexibility index (Phi) is 1.94. The van der Waals surface area contributed by atoms with E-state index in [1.807, 2.05) is 0 Å². The molecule has 1 aliphatic carbocycles. The fraction of sp³-hybridized carbons (Fsp3) is 0.778. The Bertz CT molecular complexity index is 113. The van der Waals surface area contributed by atoms with Gasteiger partial charge in [-0.25, -0.2) is 0 Å². The Morgan fingerprint density at radius 3 is 2.33 bits per heavy atom. The van der Waals surface area contributed by atoms with Crippen molar-refractivity contribution in [2.75, 3.05) is 0 Å². The van der Waals surface area contributed by atoms with Crippen LogP contribution in [0.15, 0.2) is 12.2 Å². The topological polar surface area (TPSA) is 0 Å². The standard InChI is InChI=1S/C9H16/c1-4-7(2)9-6-5-8(9)3/h8-9H,2,4-6H2,1,3H3. The van der Waals surface area contributed by atoms with Crippen molar-refractivity contribution in [2.45, 2.75) is 33.1 Å². The van der Waals surface area contributed by atoms with E-state index in [1.165, 1.54) is 24.8 Å². The van der Waals surface area contributed by atoms with E-state index in [1.54, 1.807) is 0 Å². The van der Waals surface area contributed by atoms with Crippen LogP contribution >= 0.6 is 0 Å². The van der Waals surface area contributed by atoms with Crippen LogP contribution in [-0.2, 0) is 0 Å². The molecule has 1 saturated carbocycles. The molecular formula is C9H16. The number of hydrogen-bond donors (Lipinski definition) is 0. The molecule has 0 saturated heterocycles. The van der Waals surface area contributed by atoms with Gasteiger partial charge in [0.05, 0.1) is 0 Å². The molecule has 0 heteroatoms. The second-order valence-electron chi connectivity index (χ2n) is 3.17. The van der Waals surface area contributed by atoms with Gasteiger partial charge in [0.2, 0.25) is 0 Å². The predicted molar refractivity (Wildman–Crippen MR) is 41.3 cm³/mol. The highest BCUT2D eigenvalue weighted by Crippen LogP contribution is 2.39. The Hall–Kier alpha value is -0.260. The molecule has 1 rings (SSSR count). The van der Waals surface area contributed by atoms with Crippen LogP contribution in [0, 0.1) is 11.8 Å². The second-order valence-corrected chi connectivity index (χ2v) is 3.17. The number of hydrogen-bond acceptors (Lipinski definition) is 0. The van der Waals surface area contributed by atoms with Gasteiger partial charge in [-0.1, -0.05) is 26.0 Å². The molecule has 0 aromatic rings. The molecule has 0 aromatic heterocycles. The van der Waals surface area contributed by atoms with Gasteiger partial charge < -0.3 is 0 Å². The van der Waals surface area contributed by atoms with E-state index < -0.39 is 0 Å². The van der Waals surface area contributed by atoms with Gasteiger partial charge >= 0.3 is 0 Å². The van der Waals surface area contributed by atoms with Crippen LogP contribution in [0.1, 0.15) is 33.1 Å². The zero-order valence-electron chi connectivity index (χ0n) is 6.48. The van der Waals surface area contributed by atoms with Crippen molar-refractivity contribution in [2.24, 2.45) is 11.8 Å². The fourth-order valence-corrected chi connectivity index (χ4v) is 1.54. The molecule has 0 aliphatic heterocycles. The van der Waals surface area contributed by atoms with E-state index in [2.05, 4.69) is 20.4 Å². The molecule has 9 heavy (non-hydrogen) atoms. The fourth-order valence-electron chi connectivity index (χ4n) is 1.54. The number of allylic oxidation sites excluding steroid dienone is 1. The molecule has 2 atom stereocenters. The highest BCUT2D eigenvalue weighted by Gasteiger charge is 2.27. The van der Waals surface area contributed by atoms with Gasteiger partial charge in [-0.15, -0.1) is 0 Å². The van der Waals surface area contributed by atoms with Gasteiger partial charge in [-0.05, 0) is 31.1 Å². The molecule has 0 N–H and O–H groups in total. The Morgan fingerprint density at radius 1 is 1.56 bits per heavy atom. The molecule has 0 spiro atoms. The third kappa shape index (κ3) is 1.17. The first-order valence-corrected chi connectivity index (χ1v) is 3.93. The first kappa shape index (κ1) is 6.85. The van der Waals surface area contributed by atoms with Gasteiger partial charge in [-0.2, -0.15) is 0 Å². The minimum atomic E-state index is 0.870. The average molecular weight is 124 g/mol. The van der Waals surface area contributed by atoms with Crippen molar-refractivity contribution in [1.29, 1.82) is 0 Å². The van der Waals surface area contributed by atoms with Crippen molar-refractivity contribution in [3.63, 3.8) is 0 Å². The van der Waals surface area contributed by atoms with E-state index in [0.717, 1.165) is 11.8 Å². The molecule has 0 nitrogen and oxygen atoms in total. The van der Waals surface area contributed by atoms with Crippen molar-refractivity contribution in [3.8, 4) is 0 Å². The van der Waals surface area contributed by atoms with Crippen LogP contribution < -0.4 is 0 Å². The average Bonchev–Trinajstić information content (AvgIpc) is 1.84. The maximum atomic E-state index is 4.05. The Labute approximate surface area is 58.0 Å². The third-order valence-corrected chi connectivity index (χ3v) is 2.60. The van der Waals surface area contributed by atoms with E-state index in [0.29, 0.717) is 0 Å². The van der Waals surface area contributed by atoms with Crippen LogP contribution in [0.4, 0.5) is 0 Å². The van der Waals surface area contributed by atoms with E-state index in [9.17, 15) is 0 Å². The van der Waals surface area contributed by atoms with Crippen molar-refractivity contribution in [3.05, 3.63) is 12.2 Å². The van der Waals surface area contributed by atoms with E-state index in [-0.39, 0.29) is 0 Å². The minimum absolute atomic E-state index is 0.870. The van der Waals surface area contributed by atoms with Crippen LogP contribution in [0.25, 0.3) is 0 Å². The summed E-state index contributed by atoms with van der Waals surface area (Å²) < 4.78 is 0. The maximum absolute atomic E-state index is 4.05.